The van der Waals surface area contributed by atoms with Gasteiger partial charge in [-0.05, 0) is 13.3 Å². The molecule has 1 atom stereocenters. The summed E-state index contributed by atoms with van der Waals surface area (Å²) in [5.74, 6) is 0. The van der Waals surface area contributed by atoms with Crippen LogP contribution < -0.4 is 14.7 Å². The van der Waals surface area contributed by atoms with Crippen molar-refractivity contribution < 1.29 is 28.3 Å². The van der Waals surface area contributed by atoms with Crippen LogP contribution in [0.3, 0.4) is 0 Å². The molecular formula is C5H9O6P2-3. The Balaban J connectivity index is 4.14. The maximum Gasteiger partial charge on any atom is 0.164 e. The van der Waals surface area contributed by atoms with Gasteiger partial charge in [0.05, 0.1) is 6.61 Å². The van der Waals surface area contributed by atoms with Crippen molar-refractivity contribution in [3.8, 4) is 0 Å². The highest BCUT2D eigenvalue weighted by Crippen LogP contribution is 2.66. The lowest BCUT2D eigenvalue weighted by molar-refractivity contribution is -0.314. The van der Waals surface area contributed by atoms with E-state index < -0.39 is 14.6 Å². The Morgan fingerprint density at radius 2 is 1.85 bits per heavy atom. The van der Waals surface area contributed by atoms with E-state index >= 15 is 0 Å². The highest BCUT2D eigenvalue weighted by molar-refractivity contribution is 8.24. The molecule has 0 heterocycles. The Kier molecular flexibility index (Phi) is 4.52. The summed E-state index contributed by atoms with van der Waals surface area (Å²) in [6, 6.07) is 0. The van der Waals surface area contributed by atoms with Gasteiger partial charge in [0, 0.05) is 7.28 Å². The van der Waals surface area contributed by atoms with Crippen LogP contribution in [-0.2, 0) is 13.7 Å². The highest BCUT2D eigenvalue weighted by atomic mass is 32.1. The summed E-state index contributed by atoms with van der Waals surface area (Å²) in [5.41, 5.74) is 0.631. The molecule has 0 aliphatic carbocycles. The van der Waals surface area contributed by atoms with Crippen LogP contribution >= 0.6 is 14.6 Å². The third-order valence-electron chi connectivity index (χ3n) is 1.08. The second-order valence-corrected chi connectivity index (χ2v) is 7.55. The van der Waals surface area contributed by atoms with Crippen LogP contribution in [0.1, 0.15) is 13.3 Å². The third kappa shape index (κ3) is 4.72. The van der Waals surface area contributed by atoms with Crippen molar-refractivity contribution in [2.45, 2.75) is 13.3 Å². The van der Waals surface area contributed by atoms with E-state index in [1.807, 2.05) is 0 Å². The summed E-state index contributed by atoms with van der Waals surface area (Å²) in [5, 5.41) is 0. The van der Waals surface area contributed by atoms with Gasteiger partial charge in [-0.1, -0.05) is 5.57 Å². The Labute approximate surface area is 75.8 Å². The molecular weight excluding hydrogens is 218 g/mol. The molecule has 0 aliphatic rings. The molecule has 8 heteroatoms. The summed E-state index contributed by atoms with van der Waals surface area (Å²) in [4.78, 5) is 30.7. The summed E-state index contributed by atoms with van der Waals surface area (Å²) >= 11 is 0. The molecule has 0 spiro atoms. The van der Waals surface area contributed by atoms with Gasteiger partial charge in [-0.3, -0.25) is 0 Å². The van der Waals surface area contributed by atoms with Crippen molar-refractivity contribution in [2.75, 3.05) is 6.61 Å². The monoisotopic (exact) mass is 227 g/mol. The van der Waals surface area contributed by atoms with E-state index in [1.54, 1.807) is 6.92 Å². The van der Waals surface area contributed by atoms with E-state index in [4.69, 9.17) is 0 Å². The Morgan fingerprint density at radius 3 is 2.15 bits per heavy atom. The molecule has 0 saturated carbocycles. The van der Waals surface area contributed by atoms with Crippen LogP contribution in [0.2, 0.25) is 0 Å². The molecule has 0 fully saturated rings. The molecule has 0 saturated heterocycles. The second kappa shape index (κ2) is 4.51. The van der Waals surface area contributed by atoms with E-state index in [0.717, 1.165) is 0 Å². The minimum Gasteiger partial charge on any atom is -0.805 e. The van der Waals surface area contributed by atoms with Gasteiger partial charge in [-0.25, -0.2) is 0 Å². The molecule has 78 valence electrons. The summed E-state index contributed by atoms with van der Waals surface area (Å²) in [6.45, 7) is 4.69. The topological polar surface area (TPSA) is 113 Å². The molecule has 0 bridgehead atoms. The molecule has 0 aliphatic heterocycles. The summed E-state index contributed by atoms with van der Waals surface area (Å²) in [7, 11) is -11.0. The fourth-order valence-corrected chi connectivity index (χ4v) is 1.54. The fraction of sp³-hybridized carbons (Fsp3) is 0.600. The smallest absolute Gasteiger partial charge is 0.164 e. The van der Waals surface area contributed by atoms with Crippen LogP contribution in [-0.4, -0.2) is 6.61 Å². The minimum absolute atomic E-state index is 0.187. The van der Waals surface area contributed by atoms with Crippen molar-refractivity contribution in [1.82, 2.24) is 0 Å². The van der Waals surface area contributed by atoms with E-state index in [1.165, 1.54) is 0 Å². The highest BCUT2D eigenvalue weighted by Gasteiger charge is 2.12. The summed E-state index contributed by atoms with van der Waals surface area (Å²) < 4.78 is 24.6. The third-order valence-corrected chi connectivity index (χ3v) is 4.34. The van der Waals surface area contributed by atoms with Crippen LogP contribution in [0.5, 0.6) is 0 Å². The zero-order valence-corrected chi connectivity index (χ0v) is 8.75. The Bertz CT molecular complexity index is 279. The predicted octanol–water partition coefficient (Wildman–Crippen LogP) is -0.649. The molecule has 0 amide bonds. The van der Waals surface area contributed by atoms with Crippen LogP contribution in [0, 0.1) is 0 Å². The number of hydrogen-bond acceptors (Lipinski definition) is 6. The molecule has 0 rings (SSSR count). The first-order valence-electron chi connectivity index (χ1n) is 3.29. The largest absolute Gasteiger partial charge is 0.805 e. The maximum atomic E-state index is 10.5. The molecule has 6 nitrogen and oxygen atoms in total. The molecule has 13 heavy (non-hydrogen) atoms. The zero-order chi connectivity index (χ0) is 10.7. The lowest BCUT2D eigenvalue weighted by Crippen LogP contribution is -2.21. The fourth-order valence-electron chi connectivity index (χ4n) is 0.406. The van der Waals surface area contributed by atoms with Gasteiger partial charge in [-0.2, -0.15) is 0 Å². The van der Waals surface area contributed by atoms with Gasteiger partial charge in [0.25, 0.3) is 0 Å². The minimum atomic E-state index is -5.68. The van der Waals surface area contributed by atoms with Crippen molar-refractivity contribution in [3.63, 3.8) is 0 Å². The summed E-state index contributed by atoms with van der Waals surface area (Å²) in [6.07, 6.45) is 0.187. The lowest BCUT2D eigenvalue weighted by atomic mass is 10.3. The molecule has 0 aromatic heterocycles. The van der Waals surface area contributed by atoms with Crippen molar-refractivity contribution in [1.29, 1.82) is 0 Å². The van der Waals surface area contributed by atoms with E-state index in [0.29, 0.717) is 5.57 Å². The first-order valence-corrected chi connectivity index (χ1v) is 7.08. The van der Waals surface area contributed by atoms with Crippen LogP contribution in [0.15, 0.2) is 12.2 Å². The first-order chi connectivity index (χ1) is 5.67. The Morgan fingerprint density at radius 1 is 1.38 bits per heavy atom. The Hall–Kier alpha value is 0.0400. The van der Waals surface area contributed by atoms with Crippen molar-refractivity contribution in [3.05, 3.63) is 12.2 Å². The quantitative estimate of drug-likeness (QED) is 0.455. The van der Waals surface area contributed by atoms with Gasteiger partial charge >= 0.3 is 0 Å². The predicted molar refractivity (Wildman–Crippen MR) is 40.6 cm³/mol. The lowest BCUT2D eigenvalue weighted by Gasteiger charge is -2.41. The second-order valence-electron chi connectivity index (χ2n) is 2.48. The average Bonchev–Trinajstić information content (AvgIpc) is 1.82. The van der Waals surface area contributed by atoms with Gasteiger partial charge < -0.3 is 28.3 Å². The van der Waals surface area contributed by atoms with E-state index in [9.17, 15) is 23.8 Å². The van der Waals surface area contributed by atoms with Gasteiger partial charge in [-0.15, -0.1) is 6.58 Å². The molecule has 0 aromatic carbocycles. The molecule has 1 unspecified atom stereocenters. The SMILES string of the molecule is C=C(C)CCOP(=O)([O-])P(=O)([O-])[O-]. The van der Waals surface area contributed by atoms with E-state index in [2.05, 4.69) is 11.1 Å². The van der Waals surface area contributed by atoms with E-state index in [-0.39, 0.29) is 13.0 Å². The maximum absolute atomic E-state index is 10.5. The zero-order valence-electron chi connectivity index (χ0n) is 6.97. The number of rotatable bonds is 5. The van der Waals surface area contributed by atoms with Crippen LogP contribution in [0.4, 0.5) is 0 Å². The molecule has 0 N–H and O–H groups in total. The van der Waals surface area contributed by atoms with Crippen molar-refractivity contribution >= 4 is 14.6 Å². The molecule has 0 radical (unpaired) electrons. The standard InChI is InChI=1S/C5H12O6P2/c1-5(2)3-4-11-13(9,10)12(6,7)8/h1,3-4H2,2H3,(H,9,10)(H2,6,7,8)/p-3. The number of hydrogen-bond donors (Lipinski definition) is 0. The average molecular weight is 227 g/mol. The van der Waals surface area contributed by atoms with Gasteiger partial charge in [0.1, 0.15) is 0 Å². The normalized spacial score (nSPS) is 16.6. The van der Waals surface area contributed by atoms with Crippen molar-refractivity contribution in [2.24, 2.45) is 0 Å². The van der Waals surface area contributed by atoms with Gasteiger partial charge in [0.2, 0.25) is 0 Å². The van der Waals surface area contributed by atoms with Gasteiger partial charge in [0.15, 0.2) is 7.28 Å². The molecule has 0 aromatic rings. The van der Waals surface area contributed by atoms with Crippen LogP contribution in [0.25, 0.3) is 0 Å². The first kappa shape index (κ1) is 13.0.